The molecule has 22 heavy (non-hydrogen) atoms. The molecule has 0 aliphatic heterocycles. The first-order chi connectivity index (χ1) is 10.3. The molecule has 0 amide bonds. The number of nitrogens with zero attached hydrogens (tertiary/aromatic N) is 2. The van der Waals surface area contributed by atoms with E-state index in [9.17, 15) is 18.0 Å². The highest BCUT2D eigenvalue weighted by molar-refractivity contribution is 8.13. The molecule has 0 bridgehead atoms. The molecule has 0 fully saturated rings. The molecule has 2 rings (SSSR count). The molecule has 1 N–H and O–H groups in total. The minimum atomic E-state index is -4.66. The Hall–Kier alpha value is -2.47. The third-order valence-electron chi connectivity index (χ3n) is 2.62. The second-order valence-electron chi connectivity index (χ2n) is 4.02. The Bertz CT molecular complexity index is 837. The van der Waals surface area contributed by atoms with Crippen LogP contribution in [0, 0.1) is 11.5 Å². The lowest BCUT2D eigenvalue weighted by Crippen LogP contribution is -2.12. The van der Waals surface area contributed by atoms with Crippen molar-refractivity contribution in [3.63, 3.8) is 0 Å². The summed E-state index contributed by atoms with van der Waals surface area (Å²) in [6.45, 7) is 0. The van der Waals surface area contributed by atoms with Crippen LogP contribution in [0.15, 0.2) is 38.5 Å². The minimum absolute atomic E-state index is 0.224. The summed E-state index contributed by atoms with van der Waals surface area (Å²) in [5, 5.41) is 10.9. The first-order valence-corrected chi connectivity index (χ1v) is 7.00. The predicted molar refractivity (Wildman–Crippen MR) is 76.8 cm³/mol. The van der Waals surface area contributed by atoms with Crippen LogP contribution in [0.1, 0.15) is 5.56 Å². The predicted octanol–water partition coefficient (Wildman–Crippen LogP) is 3.23. The van der Waals surface area contributed by atoms with Gasteiger partial charge in [0.25, 0.3) is 0 Å². The van der Waals surface area contributed by atoms with E-state index in [1.807, 2.05) is 0 Å². The molecule has 0 aliphatic rings. The maximum absolute atomic E-state index is 12.9. The van der Waals surface area contributed by atoms with Crippen LogP contribution in [0.5, 0.6) is 0 Å². The third-order valence-corrected chi connectivity index (χ3v) is 3.20. The van der Waals surface area contributed by atoms with Crippen molar-refractivity contribution in [3.8, 4) is 6.19 Å². The van der Waals surface area contributed by atoms with E-state index in [1.165, 1.54) is 18.2 Å². The summed E-state index contributed by atoms with van der Waals surface area (Å²) in [4.78, 5) is 15.3. The number of hydrogen-bond acceptors (Lipinski definition) is 5. The van der Waals surface area contributed by atoms with Gasteiger partial charge in [-0.2, -0.15) is 18.4 Å². The molecule has 1 aromatic carbocycles. The van der Waals surface area contributed by atoms with Crippen molar-refractivity contribution >= 4 is 33.6 Å². The van der Waals surface area contributed by atoms with Gasteiger partial charge in [-0.05, 0) is 18.4 Å². The van der Waals surface area contributed by atoms with Crippen LogP contribution in [-0.4, -0.2) is 11.4 Å². The third kappa shape index (κ3) is 3.40. The number of alkyl halides is 3. The number of thioether (sulfide) groups is 1. The zero-order valence-electron chi connectivity index (χ0n) is 11.1. The van der Waals surface area contributed by atoms with Gasteiger partial charge in [-0.1, -0.05) is 11.8 Å². The van der Waals surface area contributed by atoms with Gasteiger partial charge in [0.1, 0.15) is 5.58 Å². The molecule has 0 aliphatic carbocycles. The van der Waals surface area contributed by atoms with Crippen LogP contribution in [-0.2, 0) is 6.18 Å². The van der Waals surface area contributed by atoms with Crippen molar-refractivity contribution in [2.75, 3.05) is 6.26 Å². The molecule has 0 radical (unpaired) electrons. The molecular formula is C13H8F3N3O2S. The molecule has 114 valence electrons. The molecule has 0 atom stereocenters. The van der Waals surface area contributed by atoms with E-state index in [2.05, 4.69) is 10.3 Å². The Morgan fingerprint density at radius 3 is 2.73 bits per heavy atom. The van der Waals surface area contributed by atoms with Gasteiger partial charge in [-0.15, -0.1) is 0 Å². The fourth-order valence-corrected chi connectivity index (χ4v) is 2.09. The standard InChI is InChI=1S/C13H8F3N3O2S/c1-22-12(18-6-17)19-7-2-3-8-9(13(14,15)16)5-11(20)21-10(8)4-7/h2-5H,1H3,(H,18,19). The molecule has 9 heteroatoms. The second-order valence-corrected chi connectivity index (χ2v) is 4.81. The lowest BCUT2D eigenvalue weighted by molar-refractivity contribution is -0.136. The summed E-state index contributed by atoms with van der Waals surface area (Å²) in [6.07, 6.45) is -1.30. The number of rotatable bonds is 1. The van der Waals surface area contributed by atoms with Crippen LogP contribution in [0.3, 0.4) is 0 Å². The fourth-order valence-electron chi connectivity index (χ4n) is 1.75. The second kappa shape index (κ2) is 6.11. The average molecular weight is 327 g/mol. The normalized spacial score (nSPS) is 12.2. The Kier molecular flexibility index (Phi) is 4.42. The number of aliphatic imine (C=N–C) groups is 1. The van der Waals surface area contributed by atoms with E-state index in [0.717, 1.165) is 11.8 Å². The molecule has 2 aromatic rings. The highest BCUT2D eigenvalue weighted by Gasteiger charge is 2.33. The van der Waals surface area contributed by atoms with Gasteiger partial charge >= 0.3 is 11.8 Å². The number of hydrogen-bond donors (Lipinski definition) is 1. The van der Waals surface area contributed by atoms with Crippen LogP contribution in [0.25, 0.3) is 11.0 Å². The van der Waals surface area contributed by atoms with Gasteiger partial charge in [-0.25, -0.2) is 9.79 Å². The van der Waals surface area contributed by atoms with Crippen LogP contribution >= 0.6 is 11.8 Å². The van der Waals surface area contributed by atoms with Gasteiger partial charge in [0.2, 0.25) is 0 Å². The molecule has 0 saturated carbocycles. The van der Waals surface area contributed by atoms with E-state index in [0.29, 0.717) is 6.07 Å². The van der Waals surface area contributed by atoms with E-state index in [4.69, 9.17) is 9.68 Å². The monoisotopic (exact) mass is 327 g/mol. The van der Waals surface area contributed by atoms with Gasteiger partial charge in [0, 0.05) is 17.5 Å². The highest BCUT2D eigenvalue weighted by atomic mass is 32.2. The highest BCUT2D eigenvalue weighted by Crippen LogP contribution is 2.34. The summed E-state index contributed by atoms with van der Waals surface area (Å²) in [5.74, 6) is 0. The first kappa shape index (κ1) is 15.9. The number of nitriles is 1. The zero-order valence-corrected chi connectivity index (χ0v) is 11.9. The average Bonchev–Trinajstić information content (AvgIpc) is 2.44. The van der Waals surface area contributed by atoms with Crippen LogP contribution < -0.4 is 10.9 Å². The zero-order chi connectivity index (χ0) is 16.3. The quantitative estimate of drug-likeness (QED) is 0.286. The molecule has 5 nitrogen and oxygen atoms in total. The molecule has 1 heterocycles. The van der Waals surface area contributed by atoms with Gasteiger partial charge in [0.05, 0.1) is 11.3 Å². The topological polar surface area (TPSA) is 78.4 Å². The maximum atomic E-state index is 12.9. The summed E-state index contributed by atoms with van der Waals surface area (Å²) in [5.41, 5.74) is -2.13. The number of benzene rings is 1. The molecular weight excluding hydrogens is 319 g/mol. The van der Waals surface area contributed by atoms with E-state index in [1.54, 1.807) is 12.4 Å². The van der Waals surface area contributed by atoms with E-state index in [-0.39, 0.29) is 21.8 Å². The Balaban J connectivity index is 2.62. The number of halogens is 3. The van der Waals surface area contributed by atoms with Crippen LogP contribution in [0.4, 0.5) is 18.9 Å². The largest absolute Gasteiger partial charge is 0.423 e. The lowest BCUT2D eigenvalue weighted by atomic mass is 10.1. The minimum Gasteiger partial charge on any atom is -0.423 e. The van der Waals surface area contributed by atoms with Crippen molar-refractivity contribution in [1.82, 2.24) is 5.32 Å². The molecule has 1 aromatic heterocycles. The number of nitrogens with one attached hydrogen (secondary N) is 1. The SMILES string of the molecule is CSC(=Nc1ccc2c(C(F)(F)F)cc(=O)oc2c1)NC#N. The lowest BCUT2D eigenvalue weighted by Gasteiger charge is -2.09. The summed E-state index contributed by atoms with van der Waals surface area (Å²) in [6, 6.07) is 4.13. The van der Waals surface area contributed by atoms with Crippen molar-refractivity contribution in [2.45, 2.75) is 6.18 Å². The Labute approximate surface area is 126 Å². The summed E-state index contributed by atoms with van der Waals surface area (Å²) < 4.78 is 43.5. The van der Waals surface area contributed by atoms with Crippen molar-refractivity contribution < 1.29 is 17.6 Å². The first-order valence-electron chi connectivity index (χ1n) is 5.78. The molecule has 0 unspecified atom stereocenters. The summed E-state index contributed by atoms with van der Waals surface area (Å²) in [7, 11) is 0. The summed E-state index contributed by atoms with van der Waals surface area (Å²) >= 11 is 1.15. The van der Waals surface area contributed by atoms with Gasteiger partial charge < -0.3 is 4.42 Å². The fraction of sp³-hybridized carbons (Fsp3) is 0.154. The van der Waals surface area contributed by atoms with Gasteiger partial charge in [-0.3, -0.25) is 5.32 Å². The number of amidine groups is 1. The smallest absolute Gasteiger partial charge is 0.417 e. The van der Waals surface area contributed by atoms with E-state index < -0.39 is 17.4 Å². The van der Waals surface area contributed by atoms with Crippen molar-refractivity contribution in [3.05, 3.63) is 40.2 Å². The molecule has 0 spiro atoms. The Morgan fingerprint density at radius 1 is 1.41 bits per heavy atom. The Morgan fingerprint density at radius 2 is 2.14 bits per heavy atom. The van der Waals surface area contributed by atoms with Crippen molar-refractivity contribution in [2.24, 2.45) is 4.99 Å². The maximum Gasteiger partial charge on any atom is 0.417 e. The van der Waals surface area contributed by atoms with E-state index >= 15 is 0 Å². The van der Waals surface area contributed by atoms with Crippen LogP contribution in [0.2, 0.25) is 0 Å². The van der Waals surface area contributed by atoms with Gasteiger partial charge in [0.15, 0.2) is 11.4 Å². The van der Waals surface area contributed by atoms with Crippen molar-refractivity contribution in [1.29, 1.82) is 5.26 Å². The number of fused-ring (bicyclic) bond motifs is 1. The molecule has 0 saturated heterocycles.